The predicted molar refractivity (Wildman–Crippen MR) is 137 cm³/mol. The molecule has 0 bridgehead atoms. The molecule has 1 saturated heterocycles. The Morgan fingerprint density at radius 3 is 2.47 bits per heavy atom. The number of amides is 1. The molecule has 0 aliphatic carbocycles. The zero-order chi connectivity index (χ0) is 22.5. The molecular weight excluding hydrogens is 450 g/mol. The maximum atomic E-state index is 12.8. The molecule has 6 nitrogen and oxygen atoms in total. The van der Waals surface area contributed by atoms with Gasteiger partial charge in [0.15, 0.2) is 0 Å². The van der Waals surface area contributed by atoms with Crippen LogP contribution in [0.3, 0.4) is 0 Å². The van der Waals surface area contributed by atoms with Gasteiger partial charge in [-0.2, -0.15) is 0 Å². The highest BCUT2D eigenvalue weighted by Gasteiger charge is 2.12. The number of carbonyl (C=O) groups excluding carboxylic acids is 1. The molecule has 5 rings (SSSR count). The number of aromatic amines is 1. The van der Waals surface area contributed by atoms with Crippen molar-refractivity contribution in [3.05, 3.63) is 95.7 Å². The molecular formula is C27H28ClN3O3. The summed E-state index contributed by atoms with van der Waals surface area (Å²) in [5.74, 6) is 0.604. The van der Waals surface area contributed by atoms with Crippen LogP contribution in [0.15, 0.2) is 78.9 Å². The molecule has 2 N–H and O–H groups in total. The van der Waals surface area contributed by atoms with E-state index in [-0.39, 0.29) is 18.3 Å². The molecule has 3 aromatic carbocycles. The molecule has 0 spiro atoms. The van der Waals surface area contributed by atoms with Gasteiger partial charge in [-0.15, -0.1) is 12.4 Å². The number of anilines is 1. The highest BCUT2D eigenvalue weighted by atomic mass is 35.5. The second-order valence-corrected chi connectivity index (χ2v) is 8.25. The van der Waals surface area contributed by atoms with E-state index in [0.717, 1.165) is 60.8 Å². The van der Waals surface area contributed by atoms with Crippen LogP contribution in [0, 0.1) is 0 Å². The van der Waals surface area contributed by atoms with Crippen LogP contribution in [0.25, 0.3) is 10.9 Å². The number of aromatic nitrogens is 1. The van der Waals surface area contributed by atoms with Crippen molar-refractivity contribution < 1.29 is 14.3 Å². The molecule has 1 aromatic heterocycles. The summed E-state index contributed by atoms with van der Waals surface area (Å²) in [6, 6.07) is 25.7. The molecule has 1 aliphatic rings. The zero-order valence-electron chi connectivity index (χ0n) is 18.8. The van der Waals surface area contributed by atoms with Crippen molar-refractivity contribution in [3.8, 4) is 5.75 Å². The number of H-pyrrole nitrogens is 1. The maximum Gasteiger partial charge on any atom is 0.272 e. The topological polar surface area (TPSA) is 66.6 Å². The Morgan fingerprint density at radius 1 is 0.941 bits per heavy atom. The zero-order valence-corrected chi connectivity index (χ0v) is 19.6. The molecule has 4 aromatic rings. The average molecular weight is 478 g/mol. The molecule has 1 aliphatic heterocycles. The van der Waals surface area contributed by atoms with Crippen LogP contribution in [0.1, 0.15) is 21.6 Å². The van der Waals surface area contributed by atoms with Crippen molar-refractivity contribution in [1.29, 1.82) is 0 Å². The lowest BCUT2D eigenvalue weighted by molar-refractivity contribution is 0.0342. The summed E-state index contributed by atoms with van der Waals surface area (Å²) in [5.41, 5.74) is 4.53. The molecule has 0 saturated carbocycles. The van der Waals surface area contributed by atoms with E-state index in [4.69, 9.17) is 9.47 Å². The average Bonchev–Trinajstić information content (AvgIpc) is 3.29. The third-order valence-electron chi connectivity index (χ3n) is 5.81. The Bertz CT molecular complexity index is 1220. The van der Waals surface area contributed by atoms with E-state index in [2.05, 4.69) is 27.3 Å². The Kier molecular flexibility index (Phi) is 7.85. The van der Waals surface area contributed by atoms with Crippen molar-refractivity contribution >= 4 is 34.9 Å². The molecule has 0 radical (unpaired) electrons. The third kappa shape index (κ3) is 5.97. The van der Waals surface area contributed by atoms with E-state index in [1.165, 1.54) is 5.56 Å². The minimum atomic E-state index is -0.168. The first-order valence-corrected chi connectivity index (χ1v) is 11.2. The number of halogens is 1. The Balaban J connectivity index is 0.00000274. The van der Waals surface area contributed by atoms with Gasteiger partial charge in [-0.05, 0) is 47.5 Å². The summed E-state index contributed by atoms with van der Waals surface area (Å²) in [6.07, 6.45) is 0. The number of carbonyl (C=O) groups is 1. The highest BCUT2D eigenvalue weighted by molar-refractivity contribution is 6.06. The van der Waals surface area contributed by atoms with Gasteiger partial charge in [0.2, 0.25) is 0 Å². The van der Waals surface area contributed by atoms with Crippen molar-refractivity contribution in [2.75, 3.05) is 31.6 Å². The van der Waals surface area contributed by atoms with Gasteiger partial charge in [-0.25, -0.2) is 0 Å². The lowest BCUT2D eigenvalue weighted by Gasteiger charge is -2.26. The van der Waals surface area contributed by atoms with Crippen molar-refractivity contribution in [2.45, 2.75) is 13.2 Å². The SMILES string of the molecule is Cl.O=C(Nc1ccc(CN2CCOCC2)cc1)c1cc2cc(OCc3ccccc3)ccc2[nH]1. The number of nitrogens with one attached hydrogen (secondary N) is 2. The number of benzene rings is 3. The van der Waals surface area contributed by atoms with Crippen LogP contribution < -0.4 is 10.1 Å². The first-order chi connectivity index (χ1) is 16.2. The normalized spacial score (nSPS) is 13.9. The van der Waals surface area contributed by atoms with E-state index >= 15 is 0 Å². The van der Waals surface area contributed by atoms with E-state index in [1.807, 2.05) is 66.7 Å². The fourth-order valence-electron chi connectivity index (χ4n) is 3.97. The summed E-state index contributed by atoms with van der Waals surface area (Å²) in [4.78, 5) is 18.4. The first-order valence-electron chi connectivity index (χ1n) is 11.2. The molecule has 7 heteroatoms. The summed E-state index contributed by atoms with van der Waals surface area (Å²) in [5, 5.41) is 3.91. The first kappa shape index (κ1) is 23.8. The van der Waals surface area contributed by atoms with E-state index in [9.17, 15) is 4.79 Å². The maximum absolute atomic E-state index is 12.8. The number of fused-ring (bicyclic) bond motifs is 1. The van der Waals surface area contributed by atoms with Crippen LogP contribution in [-0.4, -0.2) is 42.1 Å². The standard InChI is InChI=1S/C27H27N3O3.ClH/c31-27(28-23-8-6-20(7-9-23)18-30-12-14-32-15-13-30)26-17-22-16-24(10-11-25(22)29-26)33-19-21-4-2-1-3-5-21;/h1-11,16-17,29H,12-15,18-19H2,(H,28,31);1H. The van der Waals surface area contributed by atoms with Gasteiger partial charge >= 0.3 is 0 Å². The highest BCUT2D eigenvalue weighted by Crippen LogP contribution is 2.23. The van der Waals surface area contributed by atoms with Gasteiger partial charge < -0.3 is 19.8 Å². The van der Waals surface area contributed by atoms with Gasteiger partial charge in [-0.3, -0.25) is 9.69 Å². The summed E-state index contributed by atoms with van der Waals surface area (Å²) >= 11 is 0. The Labute approximate surface area is 205 Å². The second-order valence-electron chi connectivity index (χ2n) is 8.25. The number of hydrogen-bond donors (Lipinski definition) is 2. The summed E-state index contributed by atoms with van der Waals surface area (Å²) in [7, 11) is 0. The molecule has 0 atom stereocenters. The lowest BCUT2D eigenvalue weighted by atomic mass is 10.2. The smallest absolute Gasteiger partial charge is 0.272 e. The van der Waals surface area contributed by atoms with Gasteiger partial charge in [0.25, 0.3) is 5.91 Å². The van der Waals surface area contributed by atoms with E-state index < -0.39 is 0 Å². The third-order valence-corrected chi connectivity index (χ3v) is 5.81. The predicted octanol–water partition coefficient (Wildman–Crippen LogP) is 5.25. The van der Waals surface area contributed by atoms with Gasteiger partial charge in [-0.1, -0.05) is 42.5 Å². The second kappa shape index (κ2) is 11.2. The van der Waals surface area contributed by atoms with Crippen molar-refractivity contribution in [1.82, 2.24) is 9.88 Å². The number of rotatable bonds is 7. The van der Waals surface area contributed by atoms with Crippen molar-refractivity contribution in [2.24, 2.45) is 0 Å². The Hall–Kier alpha value is -3.32. The minimum Gasteiger partial charge on any atom is -0.489 e. The number of ether oxygens (including phenoxy) is 2. The van der Waals surface area contributed by atoms with Crippen molar-refractivity contribution in [3.63, 3.8) is 0 Å². The number of nitrogens with zero attached hydrogens (tertiary/aromatic N) is 1. The molecule has 1 amide bonds. The molecule has 0 unspecified atom stereocenters. The van der Waals surface area contributed by atoms with Gasteiger partial charge in [0.1, 0.15) is 18.1 Å². The fourth-order valence-corrected chi connectivity index (χ4v) is 3.97. The van der Waals surface area contributed by atoms with Crippen LogP contribution in [0.5, 0.6) is 5.75 Å². The van der Waals surface area contributed by atoms with Crippen LogP contribution in [0.2, 0.25) is 0 Å². The molecule has 34 heavy (non-hydrogen) atoms. The van der Waals surface area contributed by atoms with E-state index in [1.54, 1.807) is 0 Å². The Morgan fingerprint density at radius 2 is 1.71 bits per heavy atom. The van der Waals surface area contributed by atoms with Gasteiger partial charge in [0.05, 0.1) is 13.2 Å². The largest absolute Gasteiger partial charge is 0.489 e. The summed E-state index contributed by atoms with van der Waals surface area (Å²) < 4.78 is 11.3. The number of morpholine rings is 1. The number of hydrogen-bond acceptors (Lipinski definition) is 4. The molecule has 1 fully saturated rings. The van der Waals surface area contributed by atoms with E-state index in [0.29, 0.717) is 12.3 Å². The minimum absolute atomic E-state index is 0. The fraction of sp³-hybridized carbons (Fsp3) is 0.222. The monoisotopic (exact) mass is 477 g/mol. The quantitative estimate of drug-likeness (QED) is 0.381. The van der Waals surface area contributed by atoms with Crippen LogP contribution in [-0.2, 0) is 17.9 Å². The summed E-state index contributed by atoms with van der Waals surface area (Å²) in [6.45, 7) is 4.90. The molecule has 176 valence electrons. The van der Waals surface area contributed by atoms with Gasteiger partial charge in [0, 0.05) is 36.2 Å². The van der Waals surface area contributed by atoms with Crippen LogP contribution >= 0.6 is 12.4 Å². The molecule has 2 heterocycles. The lowest BCUT2D eigenvalue weighted by Crippen LogP contribution is -2.35. The van der Waals surface area contributed by atoms with Crippen LogP contribution in [0.4, 0.5) is 5.69 Å².